The highest BCUT2D eigenvalue weighted by atomic mass is 35.5. The number of benzene rings is 1. The number of aromatic nitrogens is 2. The normalized spacial score (nSPS) is 14.7. The van der Waals surface area contributed by atoms with Gasteiger partial charge in [-0.15, -0.1) is 0 Å². The molecular weight excluding hydrogens is 344 g/mol. The minimum absolute atomic E-state index is 0.127. The molecule has 0 amide bonds. The van der Waals surface area contributed by atoms with E-state index in [1.807, 2.05) is 0 Å². The van der Waals surface area contributed by atoms with Crippen molar-refractivity contribution in [3.8, 4) is 11.1 Å². The van der Waals surface area contributed by atoms with Crippen molar-refractivity contribution in [1.29, 1.82) is 0 Å². The van der Waals surface area contributed by atoms with Crippen LogP contribution in [0.4, 0.5) is 0 Å². The lowest BCUT2D eigenvalue weighted by molar-refractivity contribution is -0.116. The Morgan fingerprint density at radius 1 is 1.20 bits per heavy atom. The number of allylic oxidation sites excluding steroid dienone is 2. The average Bonchev–Trinajstić information content (AvgIpc) is 2.59. The fourth-order valence-electron chi connectivity index (χ4n) is 2.82. The predicted octanol–water partition coefficient (Wildman–Crippen LogP) is 2.85. The second kappa shape index (κ2) is 6.64. The van der Waals surface area contributed by atoms with E-state index in [1.165, 1.54) is 7.05 Å². The first-order chi connectivity index (χ1) is 11.9. The minimum Gasteiger partial charge on any atom is -0.511 e. The van der Waals surface area contributed by atoms with Crippen LogP contribution in [0.2, 0.25) is 5.02 Å². The number of aliphatic hydroxyl groups is 1. The third-order valence-corrected chi connectivity index (χ3v) is 4.44. The van der Waals surface area contributed by atoms with Crippen LogP contribution in [0.1, 0.15) is 29.8 Å². The number of aryl methyl sites for hydroxylation is 1. The minimum atomic E-state index is -0.764. The summed E-state index contributed by atoms with van der Waals surface area (Å²) in [6, 6.07) is 8.66. The van der Waals surface area contributed by atoms with Crippen LogP contribution in [0.3, 0.4) is 0 Å². The van der Waals surface area contributed by atoms with Crippen molar-refractivity contribution in [2.24, 2.45) is 7.05 Å². The van der Waals surface area contributed by atoms with Gasteiger partial charge in [-0.2, -0.15) is 5.10 Å². The Hall–Kier alpha value is -2.73. The molecule has 2 aromatic rings. The van der Waals surface area contributed by atoms with Gasteiger partial charge in [-0.1, -0.05) is 41.9 Å². The zero-order valence-corrected chi connectivity index (χ0v) is 14.2. The first-order valence-corrected chi connectivity index (χ1v) is 8.12. The van der Waals surface area contributed by atoms with Crippen molar-refractivity contribution in [1.82, 2.24) is 9.78 Å². The van der Waals surface area contributed by atoms with Crippen molar-refractivity contribution in [3.05, 3.63) is 62.7 Å². The second-order valence-electron chi connectivity index (χ2n) is 5.76. The fourth-order valence-corrected chi connectivity index (χ4v) is 3.13. The standard InChI is InChI=1S/C18H15ClN2O4/c1-21-18(25)13(10-6-3-2-4-7-10)15(19)16(20-21)17(24)14-11(22)8-5-9-12(14)23/h2-4,6-7,22H,5,8-9H2,1H3. The Bertz CT molecular complexity index is 961. The number of carbonyl (C=O) groups excluding carboxylic acids is 2. The van der Waals surface area contributed by atoms with Gasteiger partial charge in [-0.25, -0.2) is 4.68 Å². The first-order valence-electron chi connectivity index (χ1n) is 7.74. The monoisotopic (exact) mass is 358 g/mol. The zero-order valence-electron chi connectivity index (χ0n) is 13.5. The van der Waals surface area contributed by atoms with E-state index in [9.17, 15) is 19.5 Å². The molecule has 7 heteroatoms. The molecule has 0 spiro atoms. The van der Waals surface area contributed by atoms with Gasteiger partial charge in [-0.3, -0.25) is 14.4 Å². The summed E-state index contributed by atoms with van der Waals surface area (Å²) in [5, 5.41) is 13.8. The number of halogens is 1. The van der Waals surface area contributed by atoms with Crippen LogP contribution in [0.15, 0.2) is 46.5 Å². The SMILES string of the molecule is Cn1nc(C(=O)C2=C(O)CCCC2=O)c(Cl)c(-c2ccccc2)c1=O. The molecule has 1 heterocycles. The van der Waals surface area contributed by atoms with Gasteiger partial charge in [0.1, 0.15) is 11.3 Å². The van der Waals surface area contributed by atoms with Crippen molar-refractivity contribution in [2.45, 2.75) is 19.3 Å². The number of hydrogen-bond donors (Lipinski definition) is 1. The van der Waals surface area contributed by atoms with Crippen molar-refractivity contribution in [2.75, 3.05) is 0 Å². The number of ketones is 2. The second-order valence-corrected chi connectivity index (χ2v) is 6.14. The van der Waals surface area contributed by atoms with E-state index in [4.69, 9.17) is 11.6 Å². The zero-order chi connectivity index (χ0) is 18.1. The van der Waals surface area contributed by atoms with E-state index >= 15 is 0 Å². The molecule has 0 fully saturated rings. The molecule has 6 nitrogen and oxygen atoms in total. The Morgan fingerprint density at radius 2 is 1.88 bits per heavy atom. The largest absolute Gasteiger partial charge is 0.511 e. The number of nitrogens with zero attached hydrogens (tertiary/aromatic N) is 2. The molecule has 0 radical (unpaired) electrons. The number of hydrogen-bond acceptors (Lipinski definition) is 5. The molecular formula is C18H15ClN2O4. The number of aliphatic hydroxyl groups excluding tert-OH is 1. The van der Waals surface area contributed by atoms with Crippen LogP contribution in [-0.4, -0.2) is 26.5 Å². The van der Waals surface area contributed by atoms with E-state index in [1.54, 1.807) is 30.3 Å². The lowest BCUT2D eigenvalue weighted by atomic mass is 9.91. The van der Waals surface area contributed by atoms with E-state index in [-0.39, 0.29) is 40.5 Å². The maximum absolute atomic E-state index is 12.8. The highest BCUT2D eigenvalue weighted by molar-refractivity contribution is 6.39. The summed E-state index contributed by atoms with van der Waals surface area (Å²) >= 11 is 6.32. The predicted molar refractivity (Wildman–Crippen MR) is 92.8 cm³/mol. The molecule has 25 heavy (non-hydrogen) atoms. The highest BCUT2D eigenvalue weighted by Gasteiger charge is 2.31. The van der Waals surface area contributed by atoms with E-state index in [0.29, 0.717) is 12.0 Å². The number of carbonyl (C=O) groups is 2. The van der Waals surface area contributed by atoms with Crippen LogP contribution in [0.5, 0.6) is 0 Å². The average molecular weight is 359 g/mol. The Kier molecular flexibility index (Phi) is 4.55. The van der Waals surface area contributed by atoms with Crippen LogP contribution in [0.25, 0.3) is 11.1 Å². The van der Waals surface area contributed by atoms with Crippen molar-refractivity contribution < 1.29 is 14.7 Å². The van der Waals surface area contributed by atoms with E-state index < -0.39 is 17.1 Å². The Balaban J connectivity index is 2.22. The lowest BCUT2D eigenvalue weighted by Crippen LogP contribution is -2.27. The molecule has 1 N–H and O–H groups in total. The fraction of sp³-hybridized carbons (Fsp3) is 0.222. The maximum Gasteiger partial charge on any atom is 0.275 e. The highest BCUT2D eigenvalue weighted by Crippen LogP contribution is 2.30. The summed E-state index contributed by atoms with van der Waals surface area (Å²) in [7, 11) is 1.40. The van der Waals surface area contributed by atoms with Crippen molar-refractivity contribution in [3.63, 3.8) is 0 Å². The summed E-state index contributed by atoms with van der Waals surface area (Å²) in [6.45, 7) is 0. The lowest BCUT2D eigenvalue weighted by Gasteiger charge is -2.15. The molecule has 1 aliphatic carbocycles. The summed E-state index contributed by atoms with van der Waals surface area (Å²) < 4.78 is 1.01. The summed E-state index contributed by atoms with van der Waals surface area (Å²) in [4.78, 5) is 37.3. The smallest absolute Gasteiger partial charge is 0.275 e. The van der Waals surface area contributed by atoms with Gasteiger partial charge in [-0.05, 0) is 12.0 Å². The Morgan fingerprint density at radius 3 is 2.52 bits per heavy atom. The topological polar surface area (TPSA) is 89.3 Å². The van der Waals surface area contributed by atoms with Crippen LogP contribution >= 0.6 is 11.6 Å². The third kappa shape index (κ3) is 3.00. The van der Waals surface area contributed by atoms with Gasteiger partial charge in [0.05, 0.1) is 10.6 Å². The van der Waals surface area contributed by atoms with Crippen LogP contribution in [0, 0.1) is 0 Å². The molecule has 1 aliphatic rings. The molecule has 0 saturated heterocycles. The van der Waals surface area contributed by atoms with Gasteiger partial charge in [0.2, 0.25) is 5.78 Å². The quantitative estimate of drug-likeness (QED) is 0.673. The summed E-state index contributed by atoms with van der Waals surface area (Å²) in [5.41, 5.74) is -0.303. The van der Waals surface area contributed by atoms with Crippen molar-refractivity contribution >= 4 is 23.2 Å². The molecule has 1 aromatic carbocycles. The maximum atomic E-state index is 12.8. The van der Waals surface area contributed by atoms with Gasteiger partial charge < -0.3 is 5.11 Å². The van der Waals surface area contributed by atoms with Crippen LogP contribution < -0.4 is 5.56 Å². The summed E-state index contributed by atoms with van der Waals surface area (Å²) in [5.74, 6) is -1.46. The van der Waals surface area contributed by atoms with Gasteiger partial charge in [0.25, 0.3) is 5.56 Å². The van der Waals surface area contributed by atoms with Gasteiger partial charge in [0, 0.05) is 19.9 Å². The van der Waals surface area contributed by atoms with Gasteiger partial charge >= 0.3 is 0 Å². The third-order valence-electron chi connectivity index (χ3n) is 4.07. The first kappa shape index (κ1) is 17.1. The number of rotatable bonds is 3. The number of Topliss-reactive ketones (excluding diaryl/α,β-unsaturated/α-hetero) is 2. The molecule has 3 rings (SSSR count). The summed E-state index contributed by atoms with van der Waals surface area (Å²) in [6.07, 6.45) is 0.924. The Labute approximate surface area is 148 Å². The molecule has 0 bridgehead atoms. The molecule has 1 aromatic heterocycles. The molecule has 0 saturated carbocycles. The molecule has 128 valence electrons. The molecule has 0 atom stereocenters. The van der Waals surface area contributed by atoms with Gasteiger partial charge in [0.15, 0.2) is 11.5 Å². The molecule has 0 unspecified atom stereocenters. The van der Waals surface area contributed by atoms with E-state index in [2.05, 4.69) is 5.10 Å². The molecule has 0 aliphatic heterocycles. The van der Waals surface area contributed by atoms with E-state index in [0.717, 1.165) is 4.68 Å². The van der Waals surface area contributed by atoms with Crippen LogP contribution in [-0.2, 0) is 11.8 Å².